The molecule has 0 bridgehead atoms. The molecule has 0 aliphatic rings. The quantitative estimate of drug-likeness (QED) is 0.429. The number of carbonyl (C=O) groups excluding carboxylic acids is 2. The summed E-state index contributed by atoms with van der Waals surface area (Å²) >= 11 is 0. The number of sulfone groups is 1. The molecule has 0 atom stereocenters. The molecule has 6 nitrogen and oxygen atoms in total. The van der Waals surface area contributed by atoms with Crippen LogP contribution in [0.15, 0.2) is 25.3 Å². The van der Waals surface area contributed by atoms with E-state index in [1.807, 2.05) is 0 Å². The van der Waals surface area contributed by atoms with Crippen molar-refractivity contribution in [3.8, 4) is 0 Å². The van der Waals surface area contributed by atoms with Crippen LogP contribution >= 0.6 is 0 Å². The molecule has 0 fully saturated rings. The third kappa shape index (κ3) is 10.0. The highest BCUT2D eigenvalue weighted by Gasteiger charge is 2.10. The fourth-order valence-electron chi connectivity index (χ4n) is 1.25. The number of carbonyl (C=O) groups is 2. The van der Waals surface area contributed by atoms with Crippen LogP contribution in [0, 0.1) is 0 Å². The van der Waals surface area contributed by atoms with Crippen LogP contribution in [0.2, 0.25) is 0 Å². The van der Waals surface area contributed by atoms with Crippen LogP contribution in [0.25, 0.3) is 0 Å². The van der Waals surface area contributed by atoms with Crippen LogP contribution in [0.1, 0.15) is 12.8 Å². The first-order chi connectivity index (χ1) is 8.91. The minimum absolute atomic E-state index is 0.0137. The van der Waals surface area contributed by atoms with Gasteiger partial charge >= 0.3 is 0 Å². The molecule has 0 aromatic carbocycles. The Kier molecular flexibility index (Phi) is 8.52. The first-order valence-electron chi connectivity index (χ1n) is 5.92. The number of nitrogens with one attached hydrogen (secondary N) is 2. The zero-order chi connectivity index (χ0) is 14.7. The summed E-state index contributed by atoms with van der Waals surface area (Å²) in [7, 11) is -3.15. The molecular formula is C12H20N2O4S. The van der Waals surface area contributed by atoms with Crippen molar-refractivity contribution in [3.05, 3.63) is 25.3 Å². The third-order valence-corrected chi connectivity index (χ3v) is 4.05. The maximum Gasteiger partial charge on any atom is 0.243 e. The summed E-state index contributed by atoms with van der Waals surface area (Å²) < 4.78 is 23.2. The van der Waals surface area contributed by atoms with E-state index in [2.05, 4.69) is 23.8 Å². The Bertz CT molecular complexity index is 395. The lowest BCUT2D eigenvalue weighted by molar-refractivity contribution is -0.117. The zero-order valence-electron chi connectivity index (χ0n) is 10.9. The summed E-state index contributed by atoms with van der Waals surface area (Å²) in [5, 5.41) is 5.01. The van der Waals surface area contributed by atoms with E-state index in [1.54, 1.807) is 0 Å². The Morgan fingerprint density at radius 1 is 0.895 bits per heavy atom. The zero-order valence-corrected chi connectivity index (χ0v) is 11.7. The highest BCUT2D eigenvalue weighted by molar-refractivity contribution is 7.91. The average Bonchev–Trinajstić information content (AvgIpc) is 2.39. The molecule has 0 aromatic rings. The summed E-state index contributed by atoms with van der Waals surface area (Å²) in [6, 6.07) is 0. The van der Waals surface area contributed by atoms with Gasteiger partial charge in [-0.1, -0.05) is 13.2 Å². The molecule has 0 unspecified atom stereocenters. The molecule has 2 N–H and O–H groups in total. The minimum Gasteiger partial charge on any atom is -0.353 e. The Morgan fingerprint density at radius 2 is 1.26 bits per heavy atom. The molecule has 0 spiro atoms. The molecule has 108 valence electrons. The van der Waals surface area contributed by atoms with Gasteiger partial charge in [-0.05, 0) is 25.0 Å². The summed E-state index contributed by atoms with van der Waals surface area (Å²) in [5.74, 6) is -0.603. The van der Waals surface area contributed by atoms with Gasteiger partial charge in [-0.25, -0.2) is 8.42 Å². The van der Waals surface area contributed by atoms with Crippen LogP contribution in [0.4, 0.5) is 0 Å². The van der Waals surface area contributed by atoms with Gasteiger partial charge in [0.25, 0.3) is 0 Å². The topological polar surface area (TPSA) is 92.3 Å². The van der Waals surface area contributed by atoms with E-state index in [9.17, 15) is 18.0 Å². The standard InChI is InChI=1S/C12H20N2O4S/c1-3-11(15)13-7-5-9-19(17,18)10-6-8-14-12(16)4-2/h3-4H,1-2,5-10H2,(H,13,15)(H,14,16). The van der Waals surface area contributed by atoms with Gasteiger partial charge in [0.05, 0.1) is 11.5 Å². The van der Waals surface area contributed by atoms with E-state index < -0.39 is 9.84 Å². The van der Waals surface area contributed by atoms with Crippen LogP contribution in [0.5, 0.6) is 0 Å². The van der Waals surface area contributed by atoms with Crippen molar-refractivity contribution in [2.45, 2.75) is 12.8 Å². The van der Waals surface area contributed by atoms with Crippen molar-refractivity contribution in [1.82, 2.24) is 10.6 Å². The first kappa shape index (κ1) is 17.4. The van der Waals surface area contributed by atoms with Crippen LogP contribution in [-0.2, 0) is 19.4 Å². The maximum absolute atomic E-state index is 11.6. The van der Waals surface area contributed by atoms with E-state index >= 15 is 0 Å². The minimum atomic E-state index is -3.15. The molecular weight excluding hydrogens is 268 g/mol. The van der Waals surface area contributed by atoms with Crippen LogP contribution in [-0.4, -0.2) is 44.8 Å². The van der Waals surface area contributed by atoms with Crippen molar-refractivity contribution in [2.75, 3.05) is 24.6 Å². The van der Waals surface area contributed by atoms with Gasteiger partial charge in [-0.15, -0.1) is 0 Å². The van der Waals surface area contributed by atoms with Gasteiger partial charge in [0.2, 0.25) is 11.8 Å². The molecule has 7 heteroatoms. The number of hydrogen-bond donors (Lipinski definition) is 2. The lowest BCUT2D eigenvalue weighted by Crippen LogP contribution is -2.26. The molecule has 0 aliphatic heterocycles. The fraction of sp³-hybridized carbons (Fsp3) is 0.500. The van der Waals surface area contributed by atoms with Crippen LogP contribution < -0.4 is 10.6 Å². The molecule has 2 amide bonds. The Labute approximate surface area is 113 Å². The van der Waals surface area contributed by atoms with Gasteiger partial charge in [0, 0.05) is 13.1 Å². The second kappa shape index (κ2) is 9.32. The summed E-state index contributed by atoms with van der Waals surface area (Å²) in [4.78, 5) is 21.6. The number of rotatable bonds is 10. The summed E-state index contributed by atoms with van der Waals surface area (Å²) in [5.41, 5.74) is 0. The van der Waals surface area contributed by atoms with E-state index in [1.165, 1.54) is 0 Å². The molecule has 0 heterocycles. The van der Waals surface area contributed by atoms with Gasteiger partial charge in [-0.2, -0.15) is 0 Å². The molecule has 0 radical (unpaired) electrons. The van der Waals surface area contributed by atoms with Crippen molar-refractivity contribution in [3.63, 3.8) is 0 Å². The average molecular weight is 288 g/mol. The number of amides is 2. The van der Waals surface area contributed by atoms with Crippen molar-refractivity contribution in [2.24, 2.45) is 0 Å². The molecule has 0 rings (SSSR count). The highest BCUT2D eigenvalue weighted by Crippen LogP contribution is 1.96. The normalized spacial score (nSPS) is 10.5. The van der Waals surface area contributed by atoms with E-state index in [0.29, 0.717) is 25.9 Å². The lowest BCUT2D eigenvalue weighted by Gasteiger charge is -2.05. The van der Waals surface area contributed by atoms with Gasteiger partial charge in [0.15, 0.2) is 0 Å². The van der Waals surface area contributed by atoms with Crippen molar-refractivity contribution >= 4 is 21.7 Å². The Balaban J connectivity index is 3.74. The summed E-state index contributed by atoms with van der Waals surface area (Å²) in [6.45, 7) is 7.18. The maximum atomic E-state index is 11.6. The van der Waals surface area contributed by atoms with Crippen molar-refractivity contribution in [1.29, 1.82) is 0 Å². The molecule has 0 saturated carbocycles. The molecule has 0 saturated heterocycles. The monoisotopic (exact) mass is 288 g/mol. The predicted molar refractivity (Wildman–Crippen MR) is 74.3 cm³/mol. The SMILES string of the molecule is C=CC(=O)NCCCS(=O)(=O)CCCNC(=O)C=C. The molecule has 0 aliphatic carbocycles. The Morgan fingerprint density at radius 3 is 1.58 bits per heavy atom. The molecule has 0 aromatic heterocycles. The largest absolute Gasteiger partial charge is 0.353 e. The highest BCUT2D eigenvalue weighted by atomic mass is 32.2. The van der Waals surface area contributed by atoms with Gasteiger partial charge < -0.3 is 10.6 Å². The van der Waals surface area contributed by atoms with E-state index in [4.69, 9.17) is 0 Å². The summed E-state index contributed by atoms with van der Waals surface area (Å²) in [6.07, 6.45) is 3.00. The van der Waals surface area contributed by atoms with E-state index in [0.717, 1.165) is 12.2 Å². The smallest absolute Gasteiger partial charge is 0.243 e. The van der Waals surface area contributed by atoms with E-state index in [-0.39, 0.29) is 23.3 Å². The first-order valence-corrected chi connectivity index (χ1v) is 7.74. The lowest BCUT2D eigenvalue weighted by atomic mass is 10.4. The van der Waals surface area contributed by atoms with Crippen molar-refractivity contribution < 1.29 is 18.0 Å². The van der Waals surface area contributed by atoms with Gasteiger partial charge in [0.1, 0.15) is 9.84 Å². The molecule has 19 heavy (non-hydrogen) atoms. The third-order valence-electron chi connectivity index (χ3n) is 2.23. The number of hydrogen-bond acceptors (Lipinski definition) is 4. The Hall–Kier alpha value is -1.63. The second-order valence-electron chi connectivity index (χ2n) is 3.85. The second-order valence-corrected chi connectivity index (χ2v) is 6.15. The fourth-order valence-corrected chi connectivity index (χ4v) is 2.63. The van der Waals surface area contributed by atoms with Crippen LogP contribution in [0.3, 0.4) is 0 Å². The van der Waals surface area contributed by atoms with Gasteiger partial charge in [-0.3, -0.25) is 9.59 Å². The predicted octanol–water partition coefficient (Wildman–Crippen LogP) is -0.214.